The number of fused-ring (bicyclic) bond motifs is 2. The molecule has 11 heteroatoms. The maximum Gasteiger partial charge on any atom is 0.246 e. The van der Waals surface area contributed by atoms with Gasteiger partial charge in [-0.05, 0) is 101 Å². The maximum atomic E-state index is 11.8. The van der Waals surface area contributed by atoms with Gasteiger partial charge in [0, 0.05) is 43.1 Å². The Morgan fingerprint density at radius 1 is 0.788 bits per heavy atom. The van der Waals surface area contributed by atoms with Gasteiger partial charge in [-0.2, -0.15) is 0 Å². The number of hydrogen-bond donors (Lipinski definition) is 3. The van der Waals surface area contributed by atoms with E-state index in [1.54, 1.807) is 29.2 Å². The van der Waals surface area contributed by atoms with E-state index in [0.717, 1.165) is 81.9 Å². The highest BCUT2D eigenvalue weighted by Crippen LogP contribution is 2.38. The maximum absolute atomic E-state index is 11.8. The summed E-state index contributed by atoms with van der Waals surface area (Å²) in [5.74, 6) is 1.70. The van der Waals surface area contributed by atoms with Crippen LogP contribution in [0.25, 0.3) is 22.3 Å². The van der Waals surface area contributed by atoms with Gasteiger partial charge in [0.25, 0.3) is 0 Å². The summed E-state index contributed by atoms with van der Waals surface area (Å²) in [4.78, 5) is 22.3. The van der Waals surface area contributed by atoms with Crippen molar-refractivity contribution in [3.05, 3.63) is 106 Å². The number of ether oxygens (including phenoxy) is 2. The van der Waals surface area contributed by atoms with Gasteiger partial charge in [0.15, 0.2) is 0 Å². The predicted octanol–water partition coefficient (Wildman–Crippen LogP) is 8.47. The number of carbonyl (C=O) groups excluding carboxylic acids is 1. The Morgan fingerprint density at radius 3 is 1.81 bits per heavy atom. The van der Waals surface area contributed by atoms with Crippen molar-refractivity contribution in [3.8, 4) is 45.3 Å². The van der Waals surface area contributed by atoms with Crippen LogP contribution in [0.3, 0.4) is 0 Å². The zero-order valence-electron chi connectivity index (χ0n) is 27.2. The van der Waals surface area contributed by atoms with Gasteiger partial charge in [-0.25, -0.2) is 0 Å². The van der Waals surface area contributed by atoms with E-state index in [4.69, 9.17) is 32.7 Å². The molecule has 52 heavy (non-hydrogen) atoms. The first-order chi connectivity index (χ1) is 24.2. The largest absolute Gasteiger partial charge is 0.506 e. The highest BCUT2D eigenvalue weighted by atomic mass is 35.5. The minimum atomic E-state index is -0.0691. The van der Waals surface area contributed by atoms with E-state index >= 15 is 0 Å². The van der Waals surface area contributed by atoms with E-state index in [0.29, 0.717) is 36.2 Å². The summed E-state index contributed by atoms with van der Waals surface area (Å²) in [6.07, 6.45) is 6.99. The fourth-order valence-electron chi connectivity index (χ4n) is 6.54. The average molecular weight is 744 g/mol. The quantitative estimate of drug-likeness (QED) is 0.164. The molecular weight excluding hydrogens is 699 g/mol. The Labute approximate surface area is 315 Å². The van der Waals surface area contributed by atoms with Crippen molar-refractivity contribution in [1.29, 1.82) is 0 Å². The zero-order chi connectivity index (χ0) is 34.8. The molecule has 4 aliphatic heterocycles. The van der Waals surface area contributed by atoms with Gasteiger partial charge in [-0.3, -0.25) is 14.8 Å². The first-order valence-corrected chi connectivity index (χ1v) is 17.3. The third-order valence-electron chi connectivity index (χ3n) is 9.22. The molecule has 2 fully saturated rings. The molecular formula is C41H44Cl2N4O5. The molecule has 1 amide bonds. The second-order valence-corrected chi connectivity index (χ2v) is 13.4. The van der Waals surface area contributed by atoms with Gasteiger partial charge in [0.1, 0.15) is 35.2 Å². The molecule has 2 saturated heterocycles. The van der Waals surface area contributed by atoms with Crippen molar-refractivity contribution in [1.82, 2.24) is 10.2 Å². The normalized spacial score (nSPS) is 17.7. The summed E-state index contributed by atoms with van der Waals surface area (Å²) >= 11 is 12.1. The fraction of sp³-hybridized carbons (Fsp3) is 0.293. The monoisotopic (exact) mass is 742 g/mol. The van der Waals surface area contributed by atoms with Gasteiger partial charge in [-0.1, -0.05) is 56.8 Å². The third-order valence-corrected chi connectivity index (χ3v) is 9.82. The second kappa shape index (κ2) is 16.7. The Morgan fingerprint density at radius 2 is 1.33 bits per heavy atom. The van der Waals surface area contributed by atoms with Crippen molar-refractivity contribution in [3.63, 3.8) is 0 Å². The Bertz CT molecular complexity index is 2030. The summed E-state index contributed by atoms with van der Waals surface area (Å²) in [6, 6.07) is 18.6. The lowest BCUT2D eigenvalue weighted by Crippen LogP contribution is -2.29. The standard InChI is InChI=1S/C21H19ClN2O3.C18H17ClN2O2.2CH4/c1-2-21(26)24-6-5-16(12-24)27-20-9-14(7-15-10-23-11-17(15)20)13-3-4-19(25)18(22)8-13;19-16-6-11(1-2-17(16)22)12-5-13-8-21-10-15(13)18(7-12)23-14-3-4-20-9-14;;/h2-4,7-9,11,16,25H,1,5-6,10,12H2;1-2,5-7,10,14,20,22H,3-4,8-9H2;2*1H4/t16-;14-;;/m00../s1. The van der Waals surface area contributed by atoms with Crippen molar-refractivity contribution >= 4 is 41.5 Å². The third kappa shape index (κ3) is 8.28. The van der Waals surface area contributed by atoms with Crippen LogP contribution in [0.2, 0.25) is 10.0 Å². The number of benzene rings is 4. The summed E-state index contributed by atoms with van der Waals surface area (Å²) in [5.41, 5.74) is 8.13. The summed E-state index contributed by atoms with van der Waals surface area (Å²) in [7, 11) is 0. The van der Waals surface area contributed by atoms with Crippen LogP contribution in [0.4, 0.5) is 0 Å². The molecule has 0 bridgehead atoms. The first kappa shape index (κ1) is 38.4. The Balaban J connectivity index is 0.000000196. The van der Waals surface area contributed by atoms with Crippen LogP contribution < -0.4 is 14.8 Å². The number of nitrogens with zero attached hydrogens (tertiary/aromatic N) is 3. The highest BCUT2D eigenvalue weighted by Gasteiger charge is 2.28. The molecule has 272 valence electrons. The van der Waals surface area contributed by atoms with Gasteiger partial charge in [0.2, 0.25) is 5.91 Å². The lowest BCUT2D eigenvalue weighted by Gasteiger charge is -2.18. The number of nitrogens with one attached hydrogen (secondary N) is 1. The van der Waals surface area contributed by atoms with Crippen LogP contribution in [-0.2, 0) is 17.9 Å². The molecule has 0 unspecified atom stereocenters. The lowest BCUT2D eigenvalue weighted by molar-refractivity contribution is -0.125. The topological polar surface area (TPSA) is 116 Å². The molecule has 0 radical (unpaired) electrons. The number of phenolic OH excluding ortho intramolecular Hbond substituents is 2. The van der Waals surface area contributed by atoms with Gasteiger partial charge >= 0.3 is 0 Å². The predicted molar refractivity (Wildman–Crippen MR) is 211 cm³/mol. The number of aromatic hydroxyl groups is 2. The molecule has 0 saturated carbocycles. The molecule has 0 spiro atoms. The van der Waals surface area contributed by atoms with E-state index in [1.807, 2.05) is 36.7 Å². The average Bonchev–Trinajstić information content (AvgIpc) is 3.95. The minimum Gasteiger partial charge on any atom is -0.506 e. The van der Waals surface area contributed by atoms with Crippen LogP contribution in [0.1, 0.15) is 49.9 Å². The fourth-order valence-corrected chi connectivity index (χ4v) is 6.90. The summed E-state index contributed by atoms with van der Waals surface area (Å²) in [5, 5.41) is 23.2. The van der Waals surface area contributed by atoms with E-state index in [-0.39, 0.29) is 44.5 Å². The van der Waals surface area contributed by atoms with Crippen LogP contribution in [-0.4, -0.2) is 71.8 Å². The molecule has 0 aromatic heterocycles. The second-order valence-electron chi connectivity index (χ2n) is 12.6. The van der Waals surface area contributed by atoms with Crippen molar-refractivity contribution in [2.24, 2.45) is 9.98 Å². The van der Waals surface area contributed by atoms with E-state index < -0.39 is 0 Å². The molecule has 3 N–H and O–H groups in total. The SMILES string of the molecule is C.C.C=CC(=O)N1CC[C@H](Oc2cc(-c3ccc(O)c(Cl)c3)cc3c2C=NC3)C1.Oc1ccc(-c2cc3c(c(O[C@H]4CCNC4)c2)C=NC3)cc1Cl. The Hall–Kier alpha value is -4.83. The minimum absolute atomic E-state index is 0. The van der Waals surface area contributed by atoms with Crippen molar-refractivity contribution in [2.75, 3.05) is 26.2 Å². The molecule has 4 aromatic rings. The number of amides is 1. The van der Waals surface area contributed by atoms with E-state index in [2.05, 4.69) is 34.0 Å². The number of halogens is 2. The number of likely N-dealkylation sites (tertiary alicyclic amines) is 1. The van der Waals surface area contributed by atoms with Crippen LogP contribution in [0.15, 0.2) is 83.3 Å². The zero-order valence-corrected chi connectivity index (χ0v) is 28.8. The summed E-state index contributed by atoms with van der Waals surface area (Å²) < 4.78 is 12.5. The number of carbonyl (C=O) groups is 1. The molecule has 4 aromatic carbocycles. The van der Waals surface area contributed by atoms with Crippen LogP contribution in [0, 0.1) is 0 Å². The molecule has 0 aliphatic carbocycles. The first-order valence-electron chi connectivity index (χ1n) is 16.5. The van der Waals surface area contributed by atoms with Gasteiger partial charge in [-0.15, -0.1) is 0 Å². The number of hydrogen-bond acceptors (Lipinski definition) is 8. The molecule has 8 rings (SSSR count). The van der Waals surface area contributed by atoms with Crippen molar-refractivity contribution in [2.45, 2.75) is 53.0 Å². The number of rotatable bonds is 7. The van der Waals surface area contributed by atoms with E-state index in [1.165, 1.54) is 6.08 Å². The smallest absolute Gasteiger partial charge is 0.246 e. The molecule has 2 atom stereocenters. The van der Waals surface area contributed by atoms with Crippen LogP contribution >= 0.6 is 23.2 Å². The van der Waals surface area contributed by atoms with Crippen molar-refractivity contribution < 1.29 is 24.5 Å². The number of phenols is 2. The van der Waals surface area contributed by atoms with Gasteiger partial charge in [0.05, 0.1) is 29.7 Å². The van der Waals surface area contributed by atoms with E-state index in [9.17, 15) is 15.0 Å². The molecule has 4 heterocycles. The number of aliphatic imine (C=N–C) groups is 2. The van der Waals surface area contributed by atoms with Crippen LogP contribution in [0.5, 0.6) is 23.0 Å². The van der Waals surface area contributed by atoms with Gasteiger partial charge < -0.3 is 29.9 Å². The Kier molecular flexibility index (Phi) is 12.3. The highest BCUT2D eigenvalue weighted by molar-refractivity contribution is 6.32. The molecule has 4 aliphatic rings. The lowest BCUT2D eigenvalue weighted by atomic mass is 9.99. The summed E-state index contributed by atoms with van der Waals surface area (Å²) in [6.45, 7) is 7.91. The molecule has 9 nitrogen and oxygen atoms in total.